The molecule has 1 aliphatic heterocycles. The summed E-state index contributed by atoms with van der Waals surface area (Å²) in [4.78, 5) is 2.34. The number of nitrogens with two attached hydrogens (primary N) is 1. The molecule has 3 N–H and O–H groups in total. The van der Waals surface area contributed by atoms with E-state index in [-0.39, 0.29) is 0 Å². The van der Waals surface area contributed by atoms with Crippen molar-refractivity contribution in [2.45, 2.75) is 26.3 Å². The minimum atomic E-state index is 0.308. The van der Waals surface area contributed by atoms with Gasteiger partial charge in [0.1, 0.15) is 5.82 Å². The number of hydrogen-bond acceptors (Lipinski definition) is 4. The van der Waals surface area contributed by atoms with Gasteiger partial charge >= 0.3 is 0 Å². The smallest absolute Gasteiger partial charge is 0.131 e. The predicted octanol–water partition coefficient (Wildman–Crippen LogP) is 0.396. The van der Waals surface area contributed by atoms with Gasteiger partial charge in [0.15, 0.2) is 0 Å². The number of aliphatic hydroxyl groups is 1. The van der Waals surface area contributed by atoms with E-state index in [1.807, 2.05) is 18.7 Å². The van der Waals surface area contributed by atoms with Gasteiger partial charge in [-0.15, -0.1) is 0 Å². The van der Waals surface area contributed by atoms with Crippen LogP contribution in [0.4, 0.5) is 5.82 Å². The van der Waals surface area contributed by atoms with Crippen molar-refractivity contribution in [1.82, 2.24) is 9.78 Å². The molecule has 5 nitrogen and oxygen atoms in total. The Morgan fingerprint density at radius 2 is 2.06 bits per heavy atom. The molecule has 0 aromatic carbocycles. The fourth-order valence-corrected chi connectivity index (χ4v) is 2.65. The van der Waals surface area contributed by atoms with Crippen LogP contribution in [-0.2, 0) is 13.6 Å². The van der Waals surface area contributed by atoms with Crippen molar-refractivity contribution >= 4 is 5.82 Å². The summed E-state index contributed by atoms with van der Waals surface area (Å²) in [6.45, 7) is 4.82. The maximum absolute atomic E-state index is 9.15. The third kappa shape index (κ3) is 2.30. The van der Waals surface area contributed by atoms with E-state index in [9.17, 15) is 0 Å². The maximum Gasteiger partial charge on any atom is 0.131 e. The van der Waals surface area contributed by atoms with Gasteiger partial charge in [0.05, 0.1) is 5.69 Å². The summed E-state index contributed by atoms with van der Waals surface area (Å²) in [7, 11) is 1.97. The molecule has 1 fully saturated rings. The molecule has 1 aromatic heterocycles. The van der Waals surface area contributed by atoms with Gasteiger partial charge in [0.2, 0.25) is 0 Å². The number of rotatable bonds is 3. The van der Waals surface area contributed by atoms with Crippen LogP contribution in [0, 0.1) is 12.8 Å². The first-order valence-electron chi connectivity index (χ1n) is 6.25. The summed E-state index contributed by atoms with van der Waals surface area (Å²) in [5, 5.41) is 13.6. The summed E-state index contributed by atoms with van der Waals surface area (Å²) >= 11 is 0. The quantitative estimate of drug-likeness (QED) is 0.799. The zero-order valence-electron chi connectivity index (χ0n) is 10.7. The Morgan fingerprint density at radius 1 is 1.41 bits per heavy atom. The fourth-order valence-electron chi connectivity index (χ4n) is 2.65. The highest BCUT2D eigenvalue weighted by atomic mass is 16.3. The standard InChI is InChI=1S/C12H22N4O/c1-9-11(7-13)12(15(2)14-9)16-5-3-10(8-17)4-6-16/h10,17H,3-8,13H2,1-2H3. The minimum absolute atomic E-state index is 0.308. The van der Waals surface area contributed by atoms with Gasteiger partial charge in [-0.1, -0.05) is 0 Å². The fraction of sp³-hybridized carbons (Fsp3) is 0.750. The van der Waals surface area contributed by atoms with Crippen molar-refractivity contribution in [1.29, 1.82) is 0 Å². The van der Waals surface area contributed by atoms with Crippen LogP contribution in [-0.4, -0.2) is 34.6 Å². The molecule has 0 bridgehead atoms. The molecule has 96 valence electrons. The Bertz CT molecular complexity index is 380. The van der Waals surface area contributed by atoms with Gasteiger partial charge in [-0.2, -0.15) is 5.10 Å². The van der Waals surface area contributed by atoms with Crippen LogP contribution < -0.4 is 10.6 Å². The number of aryl methyl sites for hydroxylation is 2. The molecule has 1 aromatic rings. The summed E-state index contributed by atoms with van der Waals surface area (Å²) in [5.74, 6) is 1.61. The van der Waals surface area contributed by atoms with Crippen LogP contribution in [0.1, 0.15) is 24.1 Å². The second-order valence-electron chi connectivity index (χ2n) is 4.83. The van der Waals surface area contributed by atoms with Gasteiger partial charge < -0.3 is 15.7 Å². The van der Waals surface area contributed by atoms with E-state index in [0.29, 0.717) is 19.1 Å². The molecule has 0 radical (unpaired) electrons. The molecule has 0 saturated carbocycles. The third-order valence-corrected chi connectivity index (χ3v) is 3.69. The number of aromatic nitrogens is 2. The molecular weight excluding hydrogens is 216 g/mol. The molecule has 1 saturated heterocycles. The number of nitrogens with zero attached hydrogens (tertiary/aromatic N) is 3. The Labute approximate surface area is 102 Å². The van der Waals surface area contributed by atoms with E-state index in [1.54, 1.807) is 0 Å². The largest absolute Gasteiger partial charge is 0.396 e. The van der Waals surface area contributed by atoms with E-state index in [1.165, 1.54) is 0 Å². The second-order valence-corrected chi connectivity index (χ2v) is 4.83. The lowest BCUT2D eigenvalue weighted by atomic mass is 9.97. The molecular formula is C12H22N4O. The van der Waals surface area contributed by atoms with Crippen LogP contribution in [0.15, 0.2) is 0 Å². The topological polar surface area (TPSA) is 67.3 Å². The van der Waals surface area contributed by atoms with E-state index in [0.717, 1.165) is 43.0 Å². The van der Waals surface area contributed by atoms with E-state index < -0.39 is 0 Å². The predicted molar refractivity (Wildman–Crippen MR) is 67.9 cm³/mol. The van der Waals surface area contributed by atoms with Gasteiger partial charge in [-0.3, -0.25) is 4.68 Å². The normalized spacial score (nSPS) is 17.8. The van der Waals surface area contributed by atoms with E-state index >= 15 is 0 Å². The van der Waals surface area contributed by atoms with Gasteiger partial charge in [-0.25, -0.2) is 0 Å². The van der Waals surface area contributed by atoms with Crippen LogP contribution in [0.5, 0.6) is 0 Å². The van der Waals surface area contributed by atoms with Crippen LogP contribution in [0.3, 0.4) is 0 Å². The highest BCUT2D eigenvalue weighted by molar-refractivity contribution is 5.50. The zero-order chi connectivity index (χ0) is 12.4. The molecule has 0 unspecified atom stereocenters. The van der Waals surface area contributed by atoms with Crippen molar-refractivity contribution in [3.63, 3.8) is 0 Å². The molecule has 0 aliphatic carbocycles. The van der Waals surface area contributed by atoms with Crippen molar-refractivity contribution in [2.75, 3.05) is 24.6 Å². The number of hydrogen-bond donors (Lipinski definition) is 2. The zero-order valence-corrected chi connectivity index (χ0v) is 10.7. The van der Waals surface area contributed by atoms with Crippen LogP contribution >= 0.6 is 0 Å². The van der Waals surface area contributed by atoms with Crippen molar-refractivity contribution < 1.29 is 5.11 Å². The lowest BCUT2D eigenvalue weighted by Crippen LogP contribution is -2.36. The van der Waals surface area contributed by atoms with Gasteiger partial charge in [0, 0.05) is 38.9 Å². The average molecular weight is 238 g/mol. The summed E-state index contributed by atoms with van der Waals surface area (Å²) in [6, 6.07) is 0. The van der Waals surface area contributed by atoms with E-state index in [2.05, 4.69) is 10.00 Å². The third-order valence-electron chi connectivity index (χ3n) is 3.69. The van der Waals surface area contributed by atoms with Crippen molar-refractivity contribution in [2.24, 2.45) is 18.7 Å². The first kappa shape index (κ1) is 12.4. The maximum atomic E-state index is 9.15. The Hall–Kier alpha value is -1.07. The first-order chi connectivity index (χ1) is 8.17. The summed E-state index contributed by atoms with van der Waals surface area (Å²) < 4.78 is 1.93. The number of piperidine rings is 1. The molecule has 0 atom stereocenters. The molecule has 0 amide bonds. The summed E-state index contributed by atoms with van der Waals surface area (Å²) in [5.41, 5.74) is 7.98. The monoisotopic (exact) mass is 238 g/mol. The SMILES string of the molecule is Cc1nn(C)c(N2CCC(CO)CC2)c1CN. The molecule has 0 spiro atoms. The number of aliphatic hydroxyl groups excluding tert-OH is 1. The summed E-state index contributed by atoms with van der Waals surface area (Å²) in [6.07, 6.45) is 2.09. The van der Waals surface area contributed by atoms with Crippen LogP contribution in [0.2, 0.25) is 0 Å². The second kappa shape index (κ2) is 5.06. The first-order valence-corrected chi connectivity index (χ1v) is 6.25. The Kier molecular flexibility index (Phi) is 3.69. The Morgan fingerprint density at radius 3 is 2.59 bits per heavy atom. The van der Waals surface area contributed by atoms with Crippen molar-refractivity contribution in [3.8, 4) is 0 Å². The highest BCUT2D eigenvalue weighted by Crippen LogP contribution is 2.27. The van der Waals surface area contributed by atoms with Gasteiger partial charge in [-0.05, 0) is 25.7 Å². The van der Waals surface area contributed by atoms with Gasteiger partial charge in [0.25, 0.3) is 0 Å². The highest BCUT2D eigenvalue weighted by Gasteiger charge is 2.23. The Balaban J connectivity index is 2.18. The lowest BCUT2D eigenvalue weighted by molar-refractivity contribution is 0.202. The molecule has 1 aliphatic rings. The number of anilines is 1. The minimum Gasteiger partial charge on any atom is -0.396 e. The van der Waals surface area contributed by atoms with Crippen LogP contribution in [0.25, 0.3) is 0 Å². The molecule has 2 heterocycles. The molecule has 17 heavy (non-hydrogen) atoms. The lowest BCUT2D eigenvalue weighted by Gasteiger charge is -2.33. The molecule has 5 heteroatoms. The molecule has 2 rings (SSSR count). The average Bonchev–Trinajstić information content (AvgIpc) is 2.63. The van der Waals surface area contributed by atoms with Crippen molar-refractivity contribution in [3.05, 3.63) is 11.3 Å². The van der Waals surface area contributed by atoms with E-state index in [4.69, 9.17) is 10.8 Å².